The first-order valence-corrected chi connectivity index (χ1v) is 5.01. The van der Waals surface area contributed by atoms with Crippen LogP contribution in [0.5, 0.6) is 0 Å². The first kappa shape index (κ1) is 10.5. The lowest BCUT2D eigenvalue weighted by Crippen LogP contribution is -2.50. The van der Waals surface area contributed by atoms with E-state index in [9.17, 15) is 4.79 Å². The number of nitrogens with two attached hydrogens (primary N) is 1. The molecule has 0 spiro atoms. The molecule has 74 valence electrons. The van der Waals surface area contributed by atoms with E-state index in [-0.39, 0.29) is 5.78 Å². The van der Waals surface area contributed by atoms with E-state index in [1.807, 2.05) is 0 Å². The van der Waals surface area contributed by atoms with Gasteiger partial charge in [-0.3, -0.25) is 4.79 Å². The number of hydrogen-bond donors (Lipinski definition) is 1. The van der Waals surface area contributed by atoms with E-state index in [0.29, 0.717) is 12.3 Å². The molecule has 1 rings (SSSR count). The van der Waals surface area contributed by atoms with Crippen LogP contribution in [-0.2, 0) is 4.79 Å². The molecule has 13 heavy (non-hydrogen) atoms. The monoisotopic (exact) mass is 181 g/mol. The molecule has 2 nitrogen and oxygen atoms in total. The molecule has 2 atom stereocenters. The van der Waals surface area contributed by atoms with Gasteiger partial charge >= 0.3 is 0 Å². The fraction of sp³-hybridized carbons (Fsp3) is 0.727. The third kappa shape index (κ3) is 2.41. The molecule has 1 aliphatic carbocycles. The largest absolute Gasteiger partial charge is 0.319 e. The van der Waals surface area contributed by atoms with Crippen molar-refractivity contribution >= 4 is 5.78 Å². The van der Waals surface area contributed by atoms with Crippen molar-refractivity contribution in [3.8, 4) is 0 Å². The van der Waals surface area contributed by atoms with Crippen molar-refractivity contribution in [1.82, 2.24) is 0 Å². The van der Waals surface area contributed by atoms with Crippen LogP contribution >= 0.6 is 0 Å². The Morgan fingerprint density at radius 1 is 1.77 bits per heavy atom. The molecule has 1 fully saturated rings. The van der Waals surface area contributed by atoms with Crippen molar-refractivity contribution in [2.24, 2.45) is 11.7 Å². The number of rotatable bonds is 3. The molecule has 0 aromatic heterocycles. The second-order valence-corrected chi connectivity index (χ2v) is 4.27. The summed E-state index contributed by atoms with van der Waals surface area (Å²) in [5.41, 5.74) is 5.53. The van der Waals surface area contributed by atoms with Crippen molar-refractivity contribution in [2.45, 2.75) is 44.6 Å². The molecule has 0 saturated heterocycles. The van der Waals surface area contributed by atoms with Gasteiger partial charge in [-0.15, -0.1) is 6.58 Å². The Morgan fingerprint density at radius 2 is 2.46 bits per heavy atom. The second-order valence-electron chi connectivity index (χ2n) is 4.27. The molecular weight excluding hydrogens is 162 g/mol. The lowest BCUT2D eigenvalue weighted by atomic mass is 9.74. The number of Topliss-reactive ketones (excluding diaryl/α,β-unsaturated/α-hetero) is 1. The van der Waals surface area contributed by atoms with Crippen LogP contribution < -0.4 is 5.73 Å². The highest BCUT2D eigenvalue weighted by Crippen LogP contribution is 2.31. The van der Waals surface area contributed by atoms with Crippen LogP contribution in [0.2, 0.25) is 0 Å². The number of ketones is 1. The molecule has 2 unspecified atom stereocenters. The Labute approximate surface area is 80.2 Å². The van der Waals surface area contributed by atoms with Crippen molar-refractivity contribution < 1.29 is 4.79 Å². The predicted molar refractivity (Wildman–Crippen MR) is 54.4 cm³/mol. The predicted octanol–water partition coefficient (Wildman–Crippen LogP) is 2.04. The van der Waals surface area contributed by atoms with Crippen LogP contribution in [0.15, 0.2) is 12.7 Å². The molecule has 1 aliphatic rings. The number of allylic oxidation sites excluding steroid dienone is 1. The van der Waals surface area contributed by atoms with Crippen molar-refractivity contribution in [3.05, 3.63) is 12.7 Å². The maximum absolute atomic E-state index is 11.7. The van der Waals surface area contributed by atoms with E-state index >= 15 is 0 Å². The number of hydrogen-bond acceptors (Lipinski definition) is 2. The first-order chi connectivity index (χ1) is 6.08. The molecule has 2 heteroatoms. The molecule has 0 aromatic carbocycles. The number of carbonyl (C=O) groups excluding carboxylic acids is 1. The van der Waals surface area contributed by atoms with E-state index in [1.54, 1.807) is 6.08 Å². The van der Waals surface area contributed by atoms with Gasteiger partial charge in [-0.25, -0.2) is 0 Å². The Balaban J connectivity index is 2.62. The highest BCUT2D eigenvalue weighted by Gasteiger charge is 2.36. The summed E-state index contributed by atoms with van der Waals surface area (Å²) in [6.45, 7) is 5.74. The normalized spacial score (nSPS) is 34.2. The highest BCUT2D eigenvalue weighted by molar-refractivity contribution is 5.89. The Kier molecular flexibility index (Phi) is 3.26. The summed E-state index contributed by atoms with van der Waals surface area (Å²) in [4.78, 5) is 11.7. The molecular formula is C11H19NO. The summed E-state index contributed by atoms with van der Waals surface area (Å²) < 4.78 is 0. The zero-order valence-electron chi connectivity index (χ0n) is 8.38. The van der Waals surface area contributed by atoms with E-state index in [2.05, 4.69) is 13.5 Å². The van der Waals surface area contributed by atoms with Gasteiger partial charge in [0.2, 0.25) is 0 Å². The Morgan fingerprint density at radius 3 is 3.00 bits per heavy atom. The lowest BCUT2D eigenvalue weighted by Gasteiger charge is -2.35. The van der Waals surface area contributed by atoms with E-state index in [4.69, 9.17) is 5.73 Å². The maximum Gasteiger partial charge on any atom is 0.156 e. The highest BCUT2D eigenvalue weighted by atomic mass is 16.1. The van der Waals surface area contributed by atoms with Crippen LogP contribution in [0.1, 0.15) is 39.0 Å². The summed E-state index contributed by atoms with van der Waals surface area (Å²) in [6.07, 6.45) is 6.06. The summed E-state index contributed by atoms with van der Waals surface area (Å²) in [5.74, 6) is 0.751. The lowest BCUT2D eigenvalue weighted by molar-refractivity contribution is -0.125. The summed E-state index contributed by atoms with van der Waals surface area (Å²) >= 11 is 0. The molecule has 0 aromatic rings. The minimum atomic E-state index is -0.550. The Hall–Kier alpha value is -0.630. The summed E-state index contributed by atoms with van der Waals surface area (Å²) in [5, 5.41) is 0. The van der Waals surface area contributed by atoms with E-state index in [0.717, 1.165) is 19.3 Å². The van der Waals surface area contributed by atoms with Crippen LogP contribution in [0, 0.1) is 5.92 Å². The average Bonchev–Trinajstić information content (AvgIpc) is 2.04. The minimum Gasteiger partial charge on any atom is -0.319 e. The molecule has 0 bridgehead atoms. The van der Waals surface area contributed by atoms with Gasteiger partial charge in [-0.1, -0.05) is 25.8 Å². The van der Waals surface area contributed by atoms with Gasteiger partial charge in [-0.2, -0.15) is 0 Å². The smallest absolute Gasteiger partial charge is 0.156 e. The summed E-state index contributed by atoms with van der Waals surface area (Å²) in [6, 6.07) is 0. The molecule has 0 radical (unpaired) electrons. The van der Waals surface area contributed by atoms with Gasteiger partial charge in [0.1, 0.15) is 0 Å². The van der Waals surface area contributed by atoms with Gasteiger partial charge in [0.25, 0.3) is 0 Å². The molecule has 0 amide bonds. The maximum atomic E-state index is 11.7. The van der Waals surface area contributed by atoms with Gasteiger partial charge < -0.3 is 5.73 Å². The van der Waals surface area contributed by atoms with Crippen molar-refractivity contribution in [2.75, 3.05) is 0 Å². The summed E-state index contributed by atoms with van der Waals surface area (Å²) in [7, 11) is 0. The SMILES string of the molecule is C=CCC(=O)C1(N)CCCC(C)C1. The zero-order chi connectivity index (χ0) is 9.90. The number of carbonyl (C=O) groups is 1. The Bertz CT molecular complexity index is 212. The fourth-order valence-corrected chi connectivity index (χ4v) is 2.18. The molecule has 2 N–H and O–H groups in total. The minimum absolute atomic E-state index is 0.161. The van der Waals surface area contributed by atoms with E-state index < -0.39 is 5.54 Å². The zero-order valence-corrected chi connectivity index (χ0v) is 8.38. The first-order valence-electron chi connectivity index (χ1n) is 5.01. The fourth-order valence-electron chi connectivity index (χ4n) is 2.18. The third-order valence-corrected chi connectivity index (χ3v) is 2.92. The average molecular weight is 181 g/mol. The topological polar surface area (TPSA) is 43.1 Å². The second kappa shape index (κ2) is 4.05. The molecule has 0 aliphatic heterocycles. The van der Waals surface area contributed by atoms with Crippen LogP contribution in [0.25, 0.3) is 0 Å². The third-order valence-electron chi connectivity index (χ3n) is 2.92. The quantitative estimate of drug-likeness (QED) is 0.677. The van der Waals surface area contributed by atoms with Crippen molar-refractivity contribution in [3.63, 3.8) is 0 Å². The van der Waals surface area contributed by atoms with Gasteiger partial charge in [0.15, 0.2) is 5.78 Å². The van der Waals surface area contributed by atoms with Crippen LogP contribution in [0.4, 0.5) is 0 Å². The van der Waals surface area contributed by atoms with Crippen molar-refractivity contribution in [1.29, 1.82) is 0 Å². The molecule has 0 heterocycles. The van der Waals surface area contributed by atoms with Crippen LogP contribution in [-0.4, -0.2) is 11.3 Å². The van der Waals surface area contributed by atoms with E-state index in [1.165, 1.54) is 6.42 Å². The van der Waals surface area contributed by atoms with Gasteiger partial charge in [0.05, 0.1) is 5.54 Å². The standard InChI is InChI=1S/C11H19NO/c1-3-5-10(13)11(12)7-4-6-9(2)8-11/h3,9H,1,4-8,12H2,2H3. The van der Waals surface area contributed by atoms with Gasteiger partial charge in [-0.05, 0) is 18.8 Å². The molecule has 1 saturated carbocycles. The van der Waals surface area contributed by atoms with Gasteiger partial charge in [0, 0.05) is 6.42 Å². The van der Waals surface area contributed by atoms with Crippen LogP contribution in [0.3, 0.4) is 0 Å².